The number of methoxy groups -OCH3 is 1. The predicted octanol–water partition coefficient (Wildman–Crippen LogP) is 4.35. The molecule has 0 N–H and O–H groups in total. The molecule has 3 aromatic rings. The number of amides is 1. The molecular weight excluding hydrogens is 448 g/mol. The first-order valence-corrected chi connectivity index (χ1v) is 11.7. The van der Waals surface area contributed by atoms with E-state index in [1.807, 2.05) is 48.2 Å². The number of carbonyl (C=O) groups excluding carboxylic acids is 2. The average molecular weight is 475 g/mol. The van der Waals surface area contributed by atoms with E-state index in [-0.39, 0.29) is 30.3 Å². The minimum Gasteiger partial charge on any atom is -0.452 e. The van der Waals surface area contributed by atoms with Gasteiger partial charge >= 0.3 is 17.9 Å². The van der Waals surface area contributed by atoms with Gasteiger partial charge in [0.15, 0.2) is 0 Å². The van der Waals surface area contributed by atoms with Crippen LogP contribution < -0.4 is 5.69 Å². The van der Waals surface area contributed by atoms with Gasteiger partial charge in [-0.3, -0.25) is 9.47 Å². The predicted molar refractivity (Wildman–Crippen MR) is 127 cm³/mol. The van der Waals surface area contributed by atoms with Crippen LogP contribution in [0.25, 0.3) is 11.0 Å². The van der Waals surface area contributed by atoms with Crippen LogP contribution in [0.2, 0.25) is 0 Å². The first-order chi connectivity index (χ1) is 16.9. The van der Waals surface area contributed by atoms with E-state index in [9.17, 15) is 19.6 Å². The van der Waals surface area contributed by atoms with Crippen LogP contribution in [0.15, 0.2) is 53.3 Å². The number of aromatic nitrogens is 2. The molecule has 180 valence electrons. The van der Waals surface area contributed by atoms with Crippen molar-refractivity contribution in [3.05, 3.63) is 70.1 Å². The Kier molecular flexibility index (Phi) is 5.81. The summed E-state index contributed by atoms with van der Waals surface area (Å²) in [5.41, 5.74) is 1.84. The van der Waals surface area contributed by atoms with Crippen LogP contribution in [-0.4, -0.2) is 45.5 Å². The number of rotatable bonds is 3. The number of benzene rings is 2. The summed E-state index contributed by atoms with van der Waals surface area (Å²) >= 11 is 0. The molecule has 2 aliphatic rings. The van der Waals surface area contributed by atoms with E-state index in [0.717, 1.165) is 10.1 Å². The zero-order chi connectivity index (χ0) is 24.7. The third-order valence-electron chi connectivity index (χ3n) is 7.17. The Morgan fingerprint density at radius 3 is 2.37 bits per heavy atom. The number of nitrogens with zero attached hydrogens (tertiary/aromatic N) is 4. The summed E-state index contributed by atoms with van der Waals surface area (Å²) in [6, 6.07) is 16.5. The molecule has 1 aromatic heterocycles. The summed E-state index contributed by atoms with van der Waals surface area (Å²) < 4.78 is 13.0. The minimum atomic E-state index is -0.790. The van der Waals surface area contributed by atoms with Crippen LogP contribution >= 0.6 is 0 Å². The van der Waals surface area contributed by atoms with Crippen molar-refractivity contribution in [2.24, 2.45) is 0 Å². The third kappa shape index (κ3) is 3.75. The van der Waals surface area contributed by atoms with Gasteiger partial charge < -0.3 is 9.47 Å². The summed E-state index contributed by atoms with van der Waals surface area (Å²) in [6.45, 7) is 1.91. The van der Waals surface area contributed by atoms with E-state index >= 15 is 0 Å². The second-order valence-corrected chi connectivity index (χ2v) is 9.09. The van der Waals surface area contributed by atoms with E-state index in [1.54, 1.807) is 16.7 Å². The lowest BCUT2D eigenvalue weighted by Gasteiger charge is -2.37. The van der Waals surface area contributed by atoms with Gasteiger partial charge in [-0.2, -0.15) is 9.83 Å². The first kappa shape index (κ1) is 22.7. The number of carbonyl (C=O) groups is 2. The molecule has 1 saturated heterocycles. The Morgan fingerprint density at radius 2 is 1.71 bits per heavy atom. The lowest BCUT2D eigenvalue weighted by Crippen LogP contribution is -2.42. The average Bonchev–Trinajstić information content (AvgIpc) is 3.35. The number of hydrogen-bond donors (Lipinski definition) is 0. The maximum atomic E-state index is 13.3. The molecule has 2 fully saturated rings. The second-order valence-electron chi connectivity index (χ2n) is 9.09. The quantitative estimate of drug-likeness (QED) is 0.559. The monoisotopic (exact) mass is 474 g/mol. The molecule has 9 nitrogen and oxygen atoms in total. The lowest BCUT2D eigenvalue weighted by atomic mass is 9.88. The molecule has 9 heteroatoms. The van der Waals surface area contributed by atoms with Crippen molar-refractivity contribution in [2.75, 3.05) is 7.11 Å². The topological polar surface area (TPSA) is 107 Å². The summed E-state index contributed by atoms with van der Waals surface area (Å²) in [4.78, 5) is 40.4. The molecule has 1 amide bonds. The van der Waals surface area contributed by atoms with E-state index in [0.29, 0.717) is 42.3 Å². The van der Waals surface area contributed by atoms with Crippen molar-refractivity contribution in [3.8, 4) is 6.07 Å². The van der Waals surface area contributed by atoms with Gasteiger partial charge in [0.05, 0.1) is 35.8 Å². The Labute approximate surface area is 202 Å². The van der Waals surface area contributed by atoms with Crippen molar-refractivity contribution in [2.45, 2.75) is 56.8 Å². The highest BCUT2D eigenvalue weighted by atomic mass is 16.6. The second kappa shape index (κ2) is 8.95. The third-order valence-corrected chi connectivity index (χ3v) is 7.17. The number of fused-ring (bicyclic) bond motifs is 1. The Bertz CT molecular complexity index is 1380. The van der Waals surface area contributed by atoms with Crippen molar-refractivity contribution >= 4 is 23.2 Å². The zero-order valence-corrected chi connectivity index (χ0v) is 19.6. The molecule has 2 unspecified atom stereocenters. The summed E-state index contributed by atoms with van der Waals surface area (Å²) in [6.07, 6.45) is 1.36. The van der Waals surface area contributed by atoms with Crippen LogP contribution in [0.1, 0.15) is 55.8 Å². The summed E-state index contributed by atoms with van der Waals surface area (Å²) in [5.74, 6) is 0. The fourth-order valence-corrected chi connectivity index (χ4v) is 5.59. The molecule has 1 saturated carbocycles. The lowest BCUT2D eigenvalue weighted by molar-refractivity contribution is 0.121. The van der Waals surface area contributed by atoms with Crippen molar-refractivity contribution < 1.29 is 19.1 Å². The maximum Gasteiger partial charge on any atom is 0.422 e. The maximum absolute atomic E-state index is 13.3. The van der Waals surface area contributed by atoms with Gasteiger partial charge in [0.2, 0.25) is 0 Å². The number of nitriles is 1. The van der Waals surface area contributed by atoms with Gasteiger partial charge in [-0.05, 0) is 56.4 Å². The van der Waals surface area contributed by atoms with Crippen molar-refractivity contribution in [1.29, 1.82) is 5.26 Å². The SMILES string of the molecule is COC(=O)n1c(=O)n([C@H]2CC[C@H](N3C(=O)OC(C)C3c3ccccc3)CC2)c2ccc(C#N)cc21. The van der Waals surface area contributed by atoms with E-state index in [1.165, 1.54) is 13.2 Å². The summed E-state index contributed by atoms with van der Waals surface area (Å²) in [7, 11) is 1.22. The molecule has 1 aliphatic carbocycles. The molecule has 2 atom stereocenters. The standard InChI is InChI=1S/C26H26N4O5/c1-16-23(18-6-4-3-5-7-18)29(26(33)35-16)20-11-9-19(10-12-20)28-21-13-8-17(15-27)14-22(21)30(24(28)31)25(32)34-2/h3-8,13-14,16,19-20,23H,9-12H2,1-2H3/t16?,19-,20-,23?. The van der Waals surface area contributed by atoms with E-state index < -0.39 is 11.8 Å². The van der Waals surface area contributed by atoms with Gasteiger partial charge in [-0.1, -0.05) is 30.3 Å². The smallest absolute Gasteiger partial charge is 0.422 e. The van der Waals surface area contributed by atoms with Crippen LogP contribution in [-0.2, 0) is 9.47 Å². The van der Waals surface area contributed by atoms with Gasteiger partial charge in [-0.25, -0.2) is 14.4 Å². The van der Waals surface area contributed by atoms with Gasteiger partial charge in [0.25, 0.3) is 0 Å². The van der Waals surface area contributed by atoms with Crippen LogP contribution in [0.3, 0.4) is 0 Å². The van der Waals surface area contributed by atoms with Gasteiger partial charge in [0, 0.05) is 12.1 Å². The zero-order valence-electron chi connectivity index (χ0n) is 19.6. The molecular formula is C26H26N4O5. The normalized spacial score (nSPS) is 24.3. The minimum absolute atomic E-state index is 0.0104. The highest BCUT2D eigenvalue weighted by Crippen LogP contribution is 2.40. The number of imidazole rings is 1. The van der Waals surface area contributed by atoms with E-state index in [4.69, 9.17) is 9.47 Å². The first-order valence-electron chi connectivity index (χ1n) is 11.7. The van der Waals surface area contributed by atoms with Crippen LogP contribution in [0.4, 0.5) is 9.59 Å². The van der Waals surface area contributed by atoms with Crippen LogP contribution in [0.5, 0.6) is 0 Å². The number of cyclic esters (lactones) is 1. The largest absolute Gasteiger partial charge is 0.452 e. The van der Waals surface area contributed by atoms with Crippen molar-refractivity contribution in [1.82, 2.24) is 14.0 Å². The molecule has 2 heterocycles. The Balaban J connectivity index is 1.44. The van der Waals surface area contributed by atoms with Crippen molar-refractivity contribution in [3.63, 3.8) is 0 Å². The van der Waals surface area contributed by atoms with Crippen LogP contribution in [0, 0.1) is 11.3 Å². The number of ether oxygens (including phenoxy) is 2. The van der Waals surface area contributed by atoms with Gasteiger partial charge in [-0.15, -0.1) is 0 Å². The molecule has 5 rings (SSSR count). The van der Waals surface area contributed by atoms with Gasteiger partial charge in [0.1, 0.15) is 6.10 Å². The molecule has 2 aromatic carbocycles. The summed E-state index contributed by atoms with van der Waals surface area (Å²) in [5, 5.41) is 9.28. The Hall–Kier alpha value is -4.06. The molecule has 35 heavy (non-hydrogen) atoms. The number of hydrogen-bond acceptors (Lipinski definition) is 6. The highest BCUT2D eigenvalue weighted by Gasteiger charge is 2.45. The fourth-order valence-electron chi connectivity index (χ4n) is 5.59. The molecule has 0 bridgehead atoms. The Morgan fingerprint density at radius 1 is 1.03 bits per heavy atom. The fraction of sp³-hybridized carbons (Fsp3) is 0.385. The van der Waals surface area contributed by atoms with E-state index in [2.05, 4.69) is 0 Å². The molecule has 0 spiro atoms. The molecule has 0 radical (unpaired) electrons. The molecule has 1 aliphatic heterocycles. The highest BCUT2D eigenvalue weighted by molar-refractivity contribution is 5.87.